The van der Waals surface area contributed by atoms with Gasteiger partial charge in [0.2, 0.25) is 0 Å². The maximum Gasteiger partial charge on any atom is 0.0642 e. The van der Waals surface area contributed by atoms with Crippen LogP contribution in [0.25, 0.3) is 0 Å². The lowest BCUT2D eigenvalue weighted by Gasteiger charge is -2.24. The number of nitrogens with one attached hydrogen (secondary N) is 1. The number of anilines is 1. The van der Waals surface area contributed by atoms with E-state index in [1.165, 1.54) is 12.0 Å². The zero-order valence-corrected chi connectivity index (χ0v) is 12.0. The van der Waals surface area contributed by atoms with E-state index in [0.29, 0.717) is 5.92 Å². The van der Waals surface area contributed by atoms with Gasteiger partial charge in [-0.15, -0.1) is 0 Å². The fraction of sp³-hybridized carbons (Fsp3) is 0.571. The number of rotatable bonds is 6. The number of hydrogen-bond donors (Lipinski definition) is 1. The molecule has 0 heterocycles. The molecular formula is C14H23ClN2. The zero-order valence-electron chi connectivity index (χ0n) is 11.3. The SMILES string of the molecule is CNCc1cccc(Cl)c1N(C)CCC(C)C. The Bertz CT molecular complexity index is 350. The normalized spacial score (nSPS) is 10.9. The van der Waals surface area contributed by atoms with Crippen LogP contribution in [-0.4, -0.2) is 20.6 Å². The van der Waals surface area contributed by atoms with Crippen molar-refractivity contribution in [2.24, 2.45) is 5.92 Å². The molecule has 0 aliphatic rings. The van der Waals surface area contributed by atoms with Gasteiger partial charge < -0.3 is 10.2 Å². The first-order chi connectivity index (χ1) is 8.06. The molecule has 0 aliphatic heterocycles. The Labute approximate surface area is 110 Å². The third kappa shape index (κ3) is 4.21. The average Bonchev–Trinajstić information content (AvgIpc) is 2.26. The van der Waals surface area contributed by atoms with Crippen LogP contribution in [0.1, 0.15) is 25.8 Å². The van der Waals surface area contributed by atoms with Crippen molar-refractivity contribution in [3.05, 3.63) is 28.8 Å². The molecule has 2 nitrogen and oxygen atoms in total. The molecule has 1 N–H and O–H groups in total. The Morgan fingerprint density at radius 1 is 1.35 bits per heavy atom. The summed E-state index contributed by atoms with van der Waals surface area (Å²) in [4.78, 5) is 2.26. The molecule has 0 unspecified atom stereocenters. The zero-order chi connectivity index (χ0) is 12.8. The van der Waals surface area contributed by atoms with Crippen molar-refractivity contribution in [2.75, 3.05) is 25.5 Å². The predicted octanol–water partition coefficient (Wildman–Crippen LogP) is 3.54. The molecule has 17 heavy (non-hydrogen) atoms. The molecule has 0 amide bonds. The van der Waals surface area contributed by atoms with E-state index in [1.54, 1.807) is 0 Å². The van der Waals surface area contributed by atoms with E-state index >= 15 is 0 Å². The van der Waals surface area contributed by atoms with Gasteiger partial charge >= 0.3 is 0 Å². The van der Waals surface area contributed by atoms with E-state index in [0.717, 1.165) is 23.8 Å². The predicted molar refractivity (Wildman–Crippen MR) is 76.9 cm³/mol. The molecule has 1 aromatic rings. The van der Waals surface area contributed by atoms with Crippen LogP contribution in [-0.2, 0) is 6.54 Å². The number of benzene rings is 1. The Hall–Kier alpha value is -0.730. The second kappa shape index (κ2) is 6.87. The number of hydrogen-bond acceptors (Lipinski definition) is 2. The van der Waals surface area contributed by atoms with Gasteiger partial charge in [-0.25, -0.2) is 0 Å². The van der Waals surface area contributed by atoms with Crippen molar-refractivity contribution in [3.8, 4) is 0 Å². The molecule has 0 aliphatic carbocycles. The maximum atomic E-state index is 6.31. The van der Waals surface area contributed by atoms with Gasteiger partial charge in [0, 0.05) is 20.1 Å². The van der Waals surface area contributed by atoms with Crippen LogP contribution in [0.5, 0.6) is 0 Å². The first kappa shape index (κ1) is 14.3. The van der Waals surface area contributed by atoms with Crippen molar-refractivity contribution in [1.29, 1.82) is 0 Å². The topological polar surface area (TPSA) is 15.3 Å². The Balaban J connectivity index is 2.86. The van der Waals surface area contributed by atoms with Gasteiger partial charge in [0.1, 0.15) is 0 Å². The Kier molecular flexibility index (Phi) is 5.79. The molecule has 1 rings (SSSR count). The van der Waals surface area contributed by atoms with Gasteiger partial charge in [0.25, 0.3) is 0 Å². The van der Waals surface area contributed by atoms with Crippen molar-refractivity contribution < 1.29 is 0 Å². The van der Waals surface area contributed by atoms with Crippen LogP contribution in [0.2, 0.25) is 5.02 Å². The lowest BCUT2D eigenvalue weighted by Crippen LogP contribution is -2.22. The minimum absolute atomic E-state index is 0.715. The largest absolute Gasteiger partial charge is 0.373 e. The van der Waals surface area contributed by atoms with E-state index in [9.17, 15) is 0 Å². The first-order valence-corrected chi connectivity index (χ1v) is 6.57. The minimum atomic E-state index is 0.715. The van der Waals surface area contributed by atoms with Gasteiger partial charge in [-0.2, -0.15) is 0 Å². The summed E-state index contributed by atoms with van der Waals surface area (Å²) in [5.74, 6) is 0.715. The van der Waals surface area contributed by atoms with Crippen LogP contribution in [0.3, 0.4) is 0 Å². The van der Waals surface area contributed by atoms with Gasteiger partial charge in [-0.05, 0) is 31.0 Å². The molecule has 0 bridgehead atoms. The molecule has 0 saturated heterocycles. The van der Waals surface area contributed by atoms with Crippen molar-refractivity contribution in [2.45, 2.75) is 26.8 Å². The highest BCUT2D eigenvalue weighted by Gasteiger charge is 2.11. The molecule has 0 saturated carbocycles. The highest BCUT2D eigenvalue weighted by atomic mass is 35.5. The van der Waals surface area contributed by atoms with Crippen LogP contribution < -0.4 is 10.2 Å². The van der Waals surface area contributed by atoms with Gasteiger partial charge in [0.05, 0.1) is 10.7 Å². The second-order valence-corrected chi connectivity index (χ2v) is 5.29. The highest BCUT2D eigenvalue weighted by Crippen LogP contribution is 2.29. The summed E-state index contributed by atoms with van der Waals surface area (Å²) in [6.07, 6.45) is 1.18. The fourth-order valence-corrected chi connectivity index (χ4v) is 2.22. The van der Waals surface area contributed by atoms with E-state index < -0.39 is 0 Å². The standard InChI is InChI=1S/C14H23ClN2/c1-11(2)8-9-17(4)14-12(10-16-3)6-5-7-13(14)15/h5-7,11,16H,8-10H2,1-4H3. The summed E-state index contributed by atoms with van der Waals surface area (Å²) in [7, 11) is 4.07. The Morgan fingerprint density at radius 3 is 2.65 bits per heavy atom. The molecule has 0 fully saturated rings. The van der Waals surface area contributed by atoms with Crippen LogP contribution in [0, 0.1) is 5.92 Å². The summed E-state index contributed by atoms with van der Waals surface area (Å²) in [6, 6.07) is 6.10. The van der Waals surface area contributed by atoms with Crippen LogP contribution >= 0.6 is 11.6 Å². The summed E-state index contributed by atoms with van der Waals surface area (Å²) in [5.41, 5.74) is 2.41. The van der Waals surface area contributed by atoms with E-state index in [-0.39, 0.29) is 0 Å². The Morgan fingerprint density at radius 2 is 2.06 bits per heavy atom. The summed E-state index contributed by atoms with van der Waals surface area (Å²) in [6.45, 7) is 6.38. The van der Waals surface area contributed by atoms with E-state index in [2.05, 4.69) is 37.2 Å². The average molecular weight is 255 g/mol. The monoisotopic (exact) mass is 254 g/mol. The third-order valence-electron chi connectivity index (χ3n) is 2.86. The molecule has 0 spiro atoms. The number of halogens is 1. The quantitative estimate of drug-likeness (QED) is 0.835. The summed E-state index contributed by atoms with van der Waals surface area (Å²) in [5, 5.41) is 4.02. The maximum absolute atomic E-state index is 6.31. The van der Waals surface area contributed by atoms with Crippen molar-refractivity contribution in [3.63, 3.8) is 0 Å². The van der Waals surface area contributed by atoms with Crippen LogP contribution in [0.4, 0.5) is 5.69 Å². The van der Waals surface area contributed by atoms with Crippen molar-refractivity contribution >= 4 is 17.3 Å². The molecule has 96 valence electrons. The lowest BCUT2D eigenvalue weighted by atomic mass is 10.1. The van der Waals surface area contributed by atoms with Crippen LogP contribution in [0.15, 0.2) is 18.2 Å². The second-order valence-electron chi connectivity index (χ2n) is 4.88. The summed E-state index contributed by atoms with van der Waals surface area (Å²) < 4.78 is 0. The minimum Gasteiger partial charge on any atom is -0.373 e. The summed E-state index contributed by atoms with van der Waals surface area (Å²) >= 11 is 6.31. The molecule has 0 aromatic heterocycles. The molecule has 0 radical (unpaired) electrons. The smallest absolute Gasteiger partial charge is 0.0642 e. The van der Waals surface area contributed by atoms with E-state index in [1.807, 2.05) is 19.2 Å². The van der Waals surface area contributed by atoms with E-state index in [4.69, 9.17) is 11.6 Å². The molecule has 0 atom stereocenters. The number of para-hydroxylation sites is 1. The van der Waals surface area contributed by atoms with Crippen molar-refractivity contribution in [1.82, 2.24) is 5.32 Å². The first-order valence-electron chi connectivity index (χ1n) is 6.19. The fourth-order valence-electron chi connectivity index (χ4n) is 1.88. The highest BCUT2D eigenvalue weighted by molar-refractivity contribution is 6.33. The van der Waals surface area contributed by atoms with Gasteiger partial charge in [-0.1, -0.05) is 37.6 Å². The molecule has 3 heteroatoms. The lowest BCUT2D eigenvalue weighted by molar-refractivity contribution is 0.584. The number of nitrogens with zero attached hydrogens (tertiary/aromatic N) is 1. The molecular weight excluding hydrogens is 232 g/mol. The van der Waals surface area contributed by atoms with Gasteiger partial charge in [0.15, 0.2) is 0 Å². The third-order valence-corrected chi connectivity index (χ3v) is 3.17. The molecule has 1 aromatic carbocycles. The van der Waals surface area contributed by atoms with Gasteiger partial charge in [-0.3, -0.25) is 0 Å².